The monoisotopic (exact) mass is 334 g/mol. The largest absolute Gasteiger partial charge is 0.492 e. The first-order chi connectivity index (χ1) is 11.8. The minimum absolute atomic E-state index is 0.467. The summed E-state index contributed by atoms with van der Waals surface area (Å²) in [5.74, 6) is 1.40. The Morgan fingerprint density at radius 2 is 1.96 bits per heavy atom. The first kappa shape index (κ1) is 18.5. The van der Waals surface area contributed by atoms with Gasteiger partial charge < -0.3 is 20.5 Å². The van der Waals surface area contributed by atoms with Gasteiger partial charge in [0.25, 0.3) is 0 Å². The number of methoxy groups -OCH3 is 1. The van der Waals surface area contributed by atoms with Crippen LogP contribution >= 0.6 is 0 Å². The summed E-state index contributed by atoms with van der Waals surface area (Å²) in [6.45, 7) is 6.14. The van der Waals surface area contributed by atoms with Crippen LogP contribution in [0, 0.1) is 0 Å². The van der Waals surface area contributed by atoms with Crippen LogP contribution in [0.5, 0.6) is 5.75 Å². The van der Waals surface area contributed by atoms with Crippen molar-refractivity contribution in [3.8, 4) is 5.75 Å². The van der Waals surface area contributed by atoms with E-state index in [9.17, 15) is 0 Å². The van der Waals surface area contributed by atoms with E-state index >= 15 is 0 Å². The zero-order valence-corrected chi connectivity index (χ0v) is 14.7. The SMILES string of the molecule is COCCN=C(N)NCCc1ccc(OCCN2CCCC2)cc1. The fourth-order valence-corrected chi connectivity index (χ4v) is 2.70. The minimum atomic E-state index is 0.467. The van der Waals surface area contributed by atoms with Gasteiger partial charge in [-0.25, -0.2) is 0 Å². The standard InChI is InChI=1S/C18H30N4O2/c1-23-14-10-21-18(19)20-9-8-16-4-6-17(7-5-16)24-15-13-22-11-2-3-12-22/h4-7H,2-3,8-15H2,1H3,(H3,19,20,21). The molecule has 24 heavy (non-hydrogen) atoms. The third kappa shape index (κ3) is 7.19. The fraction of sp³-hybridized carbons (Fsp3) is 0.611. The molecule has 134 valence electrons. The first-order valence-corrected chi connectivity index (χ1v) is 8.75. The lowest BCUT2D eigenvalue weighted by Gasteiger charge is -2.15. The molecule has 0 radical (unpaired) electrons. The number of nitrogens with zero attached hydrogens (tertiary/aromatic N) is 2. The summed E-state index contributed by atoms with van der Waals surface area (Å²) in [7, 11) is 1.65. The molecule has 0 amide bonds. The second-order valence-corrected chi connectivity index (χ2v) is 5.98. The number of rotatable bonds is 10. The highest BCUT2D eigenvalue weighted by molar-refractivity contribution is 5.77. The predicted octanol–water partition coefficient (Wildman–Crippen LogP) is 1.25. The summed E-state index contributed by atoms with van der Waals surface area (Å²) < 4.78 is 10.7. The molecule has 0 aliphatic carbocycles. The van der Waals surface area contributed by atoms with Crippen LogP contribution in [-0.4, -0.2) is 63.9 Å². The van der Waals surface area contributed by atoms with Crippen LogP contribution < -0.4 is 15.8 Å². The van der Waals surface area contributed by atoms with Crippen molar-refractivity contribution in [1.29, 1.82) is 0 Å². The van der Waals surface area contributed by atoms with Gasteiger partial charge in [0, 0.05) is 20.2 Å². The number of aliphatic imine (C=N–C) groups is 1. The molecule has 1 aliphatic rings. The van der Waals surface area contributed by atoms with Crippen molar-refractivity contribution in [3.63, 3.8) is 0 Å². The molecule has 0 atom stereocenters. The van der Waals surface area contributed by atoms with Gasteiger partial charge in [-0.1, -0.05) is 12.1 Å². The number of benzene rings is 1. The van der Waals surface area contributed by atoms with Crippen molar-refractivity contribution in [2.75, 3.05) is 53.0 Å². The first-order valence-electron chi connectivity index (χ1n) is 8.75. The van der Waals surface area contributed by atoms with E-state index in [2.05, 4.69) is 27.3 Å². The third-order valence-electron chi connectivity index (χ3n) is 4.10. The molecule has 1 saturated heterocycles. The molecule has 1 aliphatic heterocycles. The van der Waals surface area contributed by atoms with Gasteiger partial charge in [0.15, 0.2) is 5.96 Å². The highest BCUT2D eigenvalue weighted by Gasteiger charge is 2.10. The highest BCUT2D eigenvalue weighted by Crippen LogP contribution is 2.13. The van der Waals surface area contributed by atoms with Crippen LogP contribution in [0.15, 0.2) is 29.3 Å². The van der Waals surface area contributed by atoms with Crippen molar-refractivity contribution in [3.05, 3.63) is 29.8 Å². The molecule has 3 N–H and O–H groups in total. The van der Waals surface area contributed by atoms with Gasteiger partial charge in [-0.15, -0.1) is 0 Å². The molecule has 1 aromatic carbocycles. The van der Waals surface area contributed by atoms with Crippen molar-refractivity contribution in [2.45, 2.75) is 19.3 Å². The van der Waals surface area contributed by atoms with Crippen molar-refractivity contribution >= 4 is 5.96 Å². The number of hydrogen-bond donors (Lipinski definition) is 2. The second-order valence-electron chi connectivity index (χ2n) is 5.98. The summed E-state index contributed by atoms with van der Waals surface area (Å²) in [5.41, 5.74) is 7.02. The summed E-state index contributed by atoms with van der Waals surface area (Å²) in [5, 5.41) is 3.11. The Morgan fingerprint density at radius 1 is 1.21 bits per heavy atom. The average molecular weight is 334 g/mol. The topological polar surface area (TPSA) is 72.1 Å². The molecule has 6 nitrogen and oxygen atoms in total. The van der Waals surface area contributed by atoms with Crippen molar-refractivity contribution in [2.24, 2.45) is 10.7 Å². The predicted molar refractivity (Wildman–Crippen MR) is 97.7 cm³/mol. The van der Waals surface area contributed by atoms with E-state index in [0.717, 1.165) is 31.9 Å². The Kier molecular flexibility index (Phi) is 8.41. The third-order valence-corrected chi connectivity index (χ3v) is 4.10. The second kappa shape index (κ2) is 10.9. The molecule has 0 spiro atoms. The van der Waals surface area contributed by atoms with Crippen LogP contribution in [0.3, 0.4) is 0 Å². The molecule has 0 bridgehead atoms. The molecule has 0 aromatic heterocycles. The Hall–Kier alpha value is -1.79. The van der Waals surface area contributed by atoms with Gasteiger partial charge in [0.2, 0.25) is 0 Å². The zero-order valence-electron chi connectivity index (χ0n) is 14.7. The lowest BCUT2D eigenvalue weighted by Crippen LogP contribution is -2.33. The smallest absolute Gasteiger partial charge is 0.188 e. The van der Waals surface area contributed by atoms with E-state index < -0.39 is 0 Å². The molecule has 1 heterocycles. The summed E-state index contributed by atoms with van der Waals surface area (Å²) >= 11 is 0. The summed E-state index contributed by atoms with van der Waals surface area (Å²) in [4.78, 5) is 6.62. The number of ether oxygens (including phenoxy) is 2. The molecule has 1 aromatic rings. The molecule has 6 heteroatoms. The maximum atomic E-state index is 5.81. The molecule has 1 fully saturated rings. The van der Waals surface area contributed by atoms with Gasteiger partial charge in [0.1, 0.15) is 12.4 Å². The number of likely N-dealkylation sites (tertiary alicyclic amines) is 1. The Labute approximate surface area is 145 Å². The quantitative estimate of drug-likeness (QED) is 0.383. The number of hydrogen-bond acceptors (Lipinski definition) is 4. The van der Waals surface area contributed by atoms with E-state index in [1.54, 1.807) is 7.11 Å². The van der Waals surface area contributed by atoms with E-state index in [0.29, 0.717) is 19.1 Å². The van der Waals surface area contributed by atoms with E-state index in [4.69, 9.17) is 15.2 Å². The van der Waals surface area contributed by atoms with Crippen LogP contribution in [-0.2, 0) is 11.2 Å². The summed E-state index contributed by atoms with van der Waals surface area (Å²) in [6.07, 6.45) is 3.54. The molecular formula is C18H30N4O2. The Balaban J connectivity index is 1.61. The maximum absolute atomic E-state index is 5.81. The van der Waals surface area contributed by atoms with E-state index in [1.165, 1.54) is 31.5 Å². The minimum Gasteiger partial charge on any atom is -0.492 e. The van der Waals surface area contributed by atoms with Gasteiger partial charge in [-0.2, -0.15) is 0 Å². The van der Waals surface area contributed by atoms with Crippen LogP contribution in [0.25, 0.3) is 0 Å². The zero-order chi connectivity index (χ0) is 17.0. The van der Waals surface area contributed by atoms with Crippen molar-refractivity contribution < 1.29 is 9.47 Å². The van der Waals surface area contributed by atoms with Crippen LogP contribution in [0.1, 0.15) is 18.4 Å². The molecule has 0 saturated carbocycles. The van der Waals surface area contributed by atoms with Gasteiger partial charge in [0.05, 0.1) is 13.2 Å². The molecule has 2 rings (SSSR count). The normalized spacial score (nSPS) is 15.6. The fourth-order valence-electron chi connectivity index (χ4n) is 2.70. The highest BCUT2D eigenvalue weighted by atomic mass is 16.5. The molecule has 0 unspecified atom stereocenters. The lowest BCUT2D eigenvalue weighted by molar-refractivity contribution is 0.208. The Morgan fingerprint density at radius 3 is 2.67 bits per heavy atom. The van der Waals surface area contributed by atoms with E-state index in [1.807, 2.05) is 12.1 Å². The average Bonchev–Trinajstić information content (AvgIpc) is 3.10. The van der Waals surface area contributed by atoms with Crippen molar-refractivity contribution in [1.82, 2.24) is 10.2 Å². The number of guanidine groups is 1. The summed E-state index contributed by atoms with van der Waals surface area (Å²) in [6, 6.07) is 8.28. The van der Waals surface area contributed by atoms with Gasteiger partial charge in [-0.05, 0) is 50.0 Å². The number of nitrogens with two attached hydrogens (primary N) is 1. The maximum Gasteiger partial charge on any atom is 0.188 e. The van der Waals surface area contributed by atoms with E-state index in [-0.39, 0.29) is 0 Å². The van der Waals surface area contributed by atoms with Crippen LogP contribution in [0.4, 0.5) is 0 Å². The van der Waals surface area contributed by atoms with Gasteiger partial charge in [-0.3, -0.25) is 9.89 Å². The molecular weight excluding hydrogens is 304 g/mol. The van der Waals surface area contributed by atoms with Gasteiger partial charge >= 0.3 is 0 Å². The lowest BCUT2D eigenvalue weighted by atomic mass is 10.1. The Bertz CT molecular complexity index is 484. The number of nitrogens with one attached hydrogen (secondary N) is 1. The van der Waals surface area contributed by atoms with Crippen LogP contribution in [0.2, 0.25) is 0 Å².